The van der Waals surface area contributed by atoms with Crippen molar-refractivity contribution >= 4 is 11.6 Å². The van der Waals surface area contributed by atoms with Crippen LogP contribution >= 0.6 is 0 Å². The lowest BCUT2D eigenvalue weighted by Crippen LogP contribution is -2.27. The van der Waals surface area contributed by atoms with Crippen LogP contribution in [0.2, 0.25) is 0 Å². The van der Waals surface area contributed by atoms with E-state index in [4.69, 9.17) is 4.98 Å². The molecular formula is C25H29N3O. The lowest BCUT2D eigenvalue weighted by Gasteiger charge is -2.18. The number of benzene rings is 2. The maximum Gasteiger partial charge on any atom is 0.278 e. The molecule has 4 nitrogen and oxygen atoms in total. The van der Waals surface area contributed by atoms with Gasteiger partial charge >= 0.3 is 0 Å². The Morgan fingerprint density at radius 1 is 0.966 bits per heavy atom. The van der Waals surface area contributed by atoms with E-state index in [2.05, 4.69) is 61.7 Å². The highest BCUT2D eigenvalue weighted by Gasteiger charge is 2.26. The summed E-state index contributed by atoms with van der Waals surface area (Å²) in [4.78, 5) is 20.1. The van der Waals surface area contributed by atoms with Crippen molar-refractivity contribution in [2.75, 3.05) is 11.9 Å². The molecule has 0 unspecified atom stereocenters. The van der Waals surface area contributed by atoms with Gasteiger partial charge in [0.25, 0.3) is 5.91 Å². The highest BCUT2D eigenvalue weighted by atomic mass is 16.2. The van der Waals surface area contributed by atoms with Crippen molar-refractivity contribution in [3.63, 3.8) is 0 Å². The zero-order valence-electron chi connectivity index (χ0n) is 17.8. The fourth-order valence-electron chi connectivity index (χ4n) is 4.02. The van der Waals surface area contributed by atoms with Crippen molar-refractivity contribution in [2.45, 2.75) is 53.0 Å². The molecule has 29 heavy (non-hydrogen) atoms. The number of fused-ring (bicyclic) bond motifs is 1. The molecule has 1 aromatic heterocycles. The summed E-state index contributed by atoms with van der Waals surface area (Å²) in [5.41, 5.74) is 7.31. The van der Waals surface area contributed by atoms with Gasteiger partial charge in [0.2, 0.25) is 0 Å². The minimum absolute atomic E-state index is 0.0303. The molecule has 1 amide bonds. The van der Waals surface area contributed by atoms with Gasteiger partial charge in [-0.15, -0.1) is 0 Å². The van der Waals surface area contributed by atoms with Crippen molar-refractivity contribution in [3.8, 4) is 11.4 Å². The molecule has 0 bridgehead atoms. The Kier molecular flexibility index (Phi) is 5.27. The number of aromatic nitrogens is 2. The minimum atomic E-state index is -0.0303. The van der Waals surface area contributed by atoms with Gasteiger partial charge in [0, 0.05) is 24.8 Å². The van der Waals surface area contributed by atoms with Crippen molar-refractivity contribution in [1.29, 1.82) is 0 Å². The van der Waals surface area contributed by atoms with Gasteiger partial charge in [-0.2, -0.15) is 0 Å². The standard InChI is InChI=1S/C25H29N3O/c1-17-9-12-20(13-10-17)24-26-23(22-8-6-5-7-15-28(22)24)25(29)27(4)21-14-11-18(2)19(3)16-21/h9-14,16H,5-8,15H2,1-4H3. The number of imidazole rings is 1. The smallest absolute Gasteiger partial charge is 0.278 e. The van der Waals surface area contributed by atoms with Gasteiger partial charge in [0.15, 0.2) is 5.69 Å². The highest BCUT2D eigenvalue weighted by Crippen LogP contribution is 2.29. The van der Waals surface area contributed by atoms with Gasteiger partial charge in [0.05, 0.1) is 5.69 Å². The molecule has 0 N–H and O–H groups in total. The molecule has 1 aliphatic heterocycles. The third kappa shape index (κ3) is 3.71. The van der Waals surface area contributed by atoms with Gasteiger partial charge in [-0.05, 0) is 63.3 Å². The summed E-state index contributed by atoms with van der Waals surface area (Å²) in [5, 5.41) is 0. The van der Waals surface area contributed by atoms with Crippen LogP contribution in [0, 0.1) is 20.8 Å². The molecule has 0 saturated carbocycles. The largest absolute Gasteiger partial charge is 0.327 e. The third-order valence-corrected chi connectivity index (χ3v) is 6.06. The number of hydrogen-bond acceptors (Lipinski definition) is 2. The zero-order chi connectivity index (χ0) is 20.5. The first-order valence-electron chi connectivity index (χ1n) is 10.5. The number of carbonyl (C=O) groups excluding carboxylic acids is 1. The quantitative estimate of drug-likeness (QED) is 0.597. The lowest BCUT2D eigenvalue weighted by atomic mass is 10.1. The first-order chi connectivity index (χ1) is 14.0. The number of anilines is 1. The molecule has 0 spiro atoms. The third-order valence-electron chi connectivity index (χ3n) is 6.06. The summed E-state index contributed by atoms with van der Waals surface area (Å²) < 4.78 is 2.28. The molecule has 4 heteroatoms. The summed E-state index contributed by atoms with van der Waals surface area (Å²) in [7, 11) is 1.85. The van der Waals surface area contributed by atoms with E-state index in [-0.39, 0.29) is 5.91 Å². The Morgan fingerprint density at radius 2 is 1.72 bits per heavy atom. The molecule has 0 fully saturated rings. The van der Waals surface area contributed by atoms with Gasteiger partial charge in [-0.1, -0.05) is 42.3 Å². The van der Waals surface area contributed by atoms with Gasteiger partial charge in [0.1, 0.15) is 5.82 Å². The van der Waals surface area contributed by atoms with Gasteiger partial charge in [-0.25, -0.2) is 4.98 Å². The monoisotopic (exact) mass is 387 g/mol. The van der Waals surface area contributed by atoms with E-state index in [0.717, 1.165) is 48.6 Å². The average molecular weight is 388 g/mol. The van der Waals surface area contributed by atoms with E-state index in [0.29, 0.717) is 5.69 Å². The topological polar surface area (TPSA) is 38.1 Å². The van der Waals surface area contributed by atoms with Crippen LogP contribution in [0.1, 0.15) is 52.1 Å². The molecule has 2 heterocycles. The minimum Gasteiger partial charge on any atom is -0.327 e. The van der Waals surface area contributed by atoms with Crippen LogP contribution in [0.25, 0.3) is 11.4 Å². The van der Waals surface area contributed by atoms with E-state index < -0.39 is 0 Å². The van der Waals surface area contributed by atoms with E-state index in [1.54, 1.807) is 4.90 Å². The summed E-state index contributed by atoms with van der Waals surface area (Å²) in [6, 6.07) is 14.6. The SMILES string of the molecule is Cc1ccc(-c2nc(C(=O)N(C)c3ccc(C)c(C)c3)c3n2CCCCC3)cc1. The molecule has 4 rings (SSSR count). The maximum absolute atomic E-state index is 13.5. The molecule has 150 valence electrons. The highest BCUT2D eigenvalue weighted by molar-refractivity contribution is 6.05. The fourth-order valence-corrected chi connectivity index (χ4v) is 4.02. The van der Waals surface area contributed by atoms with Crippen LogP contribution in [0.3, 0.4) is 0 Å². The summed E-state index contributed by atoms with van der Waals surface area (Å²) in [6.45, 7) is 7.18. The molecule has 0 aliphatic carbocycles. The Morgan fingerprint density at radius 3 is 2.45 bits per heavy atom. The number of rotatable bonds is 3. The van der Waals surface area contributed by atoms with E-state index in [1.807, 2.05) is 13.1 Å². The first kappa shape index (κ1) is 19.4. The Labute approximate surface area is 173 Å². The Hall–Kier alpha value is -2.88. The number of carbonyl (C=O) groups is 1. The van der Waals surface area contributed by atoms with Crippen LogP contribution in [-0.4, -0.2) is 22.5 Å². The fraction of sp³-hybridized carbons (Fsp3) is 0.360. The predicted molar refractivity (Wildman–Crippen MR) is 119 cm³/mol. The number of amides is 1. The normalized spacial score (nSPS) is 13.7. The summed E-state index contributed by atoms with van der Waals surface area (Å²) >= 11 is 0. The van der Waals surface area contributed by atoms with Crippen LogP contribution in [0.4, 0.5) is 5.69 Å². The number of hydrogen-bond donors (Lipinski definition) is 0. The van der Waals surface area contributed by atoms with E-state index in [9.17, 15) is 4.79 Å². The number of nitrogens with zero attached hydrogens (tertiary/aromatic N) is 3. The molecule has 0 radical (unpaired) electrons. The van der Waals surface area contributed by atoms with E-state index in [1.165, 1.54) is 23.1 Å². The van der Waals surface area contributed by atoms with Crippen molar-refractivity contribution in [2.24, 2.45) is 0 Å². The first-order valence-corrected chi connectivity index (χ1v) is 10.5. The van der Waals surface area contributed by atoms with Crippen LogP contribution in [-0.2, 0) is 13.0 Å². The van der Waals surface area contributed by atoms with Crippen molar-refractivity contribution < 1.29 is 4.79 Å². The molecule has 1 aliphatic rings. The zero-order valence-corrected chi connectivity index (χ0v) is 17.8. The second-order valence-corrected chi connectivity index (χ2v) is 8.19. The second kappa shape index (κ2) is 7.86. The van der Waals surface area contributed by atoms with Crippen molar-refractivity contribution in [3.05, 3.63) is 70.5 Å². The van der Waals surface area contributed by atoms with Crippen LogP contribution < -0.4 is 4.90 Å². The molecule has 3 aromatic rings. The Balaban J connectivity index is 1.77. The molecule has 0 atom stereocenters. The van der Waals surface area contributed by atoms with E-state index >= 15 is 0 Å². The summed E-state index contributed by atoms with van der Waals surface area (Å²) in [5.74, 6) is 0.885. The molecule has 0 saturated heterocycles. The van der Waals surface area contributed by atoms with Gasteiger partial charge < -0.3 is 9.47 Å². The average Bonchev–Trinajstić information content (AvgIpc) is 2.90. The van der Waals surface area contributed by atoms with Crippen LogP contribution in [0.15, 0.2) is 42.5 Å². The predicted octanol–water partition coefficient (Wildman–Crippen LogP) is 5.48. The molecular weight excluding hydrogens is 358 g/mol. The second-order valence-electron chi connectivity index (χ2n) is 8.19. The lowest BCUT2D eigenvalue weighted by molar-refractivity contribution is 0.0987. The maximum atomic E-state index is 13.5. The van der Waals surface area contributed by atoms with Gasteiger partial charge in [-0.3, -0.25) is 4.79 Å². The molecule has 2 aromatic carbocycles. The van der Waals surface area contributed by atoms with Crippen LogP contribution in [0.5, 0.6) is 0 Å². The summed E-state index contributed by atoms with van der Waals surface area (Å²) in [6.07, 6.45) is 4.33. The van der Waals surface area contributed by atoms with Crippen molar-refractivity contribution in [1.82, 2.24) is 9.55 Å². The Bertz CT molecular complexity index is 1050. The number of aryl methyl sites for hydroxylation is 3.